The van der Waals surface area contributed by atoms with E-state index in [1.165, 1.54) is 7.11 Å². The normalized spacial score (nSPS) is 21.7. The van der Waals surface area contributed by atoms with Gasteiger partial charge in [-0.25, -0.2) is 4.79 Å². The van der Waals surface area contributed by atoms with Gasteiger partial charge in [-0.1, -0.05) is 13.8 Å². The van der Waals surface area contributed by atoms with E-state index < -0.39 is 6.09 Å². The minimum atomic E-state index is -0.507. The molecule has 6 heteroatoms. The van der Waals surface area contributed by atoms with Gasteiger partial charge in [0.1, 0.15) is 0 Å². The summed E-state index contributed by atoms with van der Waals surface area (Å²) in [7, 11) is 1.32. The van der Waals surface area contributed by atoms with Crippen LogP contribution in [0.15, 0.2) is 0 Å². The van der Waals surface area contributed by atoms with Crippen molar-refractivity contribution in [3.05, 3.63) is 0 Å². The van der Waals surface area contributed by atoms with Gasteiger partial charge in [0.25, 0.3) is 0 Å². The zero-order valence-electron chi connectivity index (χ0n) is 12.9. The maximum absolute atomic E-state index is 12.7. The number of alkyl carbamates (subject to hydrolysis) is 1. The number of hydrogen-bond acceptors (Lipinski definition) is 4. The molecule has 0 spiro atoms. The molecule has 0 aromatic rings. The van der Waals surface area contributed by atoms with Crippen molar-refractivity contribution in [3.8, 4) is 0 Å². The van der Waals surface area contributed by atoms with E-state index in [-0.39, 0.29) is 29.8 Å². The highest BCUT2D eigenvalue weighted by atomic mass is 16.5. The van der Waals surface area contributed by atoms with Gasteiger partial charge in [-0.3, -0.25) is 4.79 Å². The van der Waals surface area contributed by atoms with Gasteiger partial charge in [0.05, 0.1) is 13.0 Å². The van der Waals surface area contributed by atoms with E-state index in [1.807, 2.05) is 25.7 Å². The van der Waals surface area contributed by atoms with Gasteiger partial charge in [0, 0.05) is 25.2 Å². The summed E-state index contributed by atoms with van der Waals surface area (Å²) in [5.41, 5.74) is 5.73. The average molecular weight is 285 g/mol. The molecule has 0 bridgehead atoms. The molecule has 3 N–H and O–H groups in total. The molecule has 0 aliphatic carbocycles. The Morgan fingerprint density at radius 3 is 2.55 bits per heavy atom. The number of hydrogen-bond donors (Lipinski definition) is 2. The number of carbonyl (C=O) groups excluding carboxylic acids is 2. The lowest BCUT2D eigenvalue weighted by atomic mass is 9.87. The summed E-state index contributed by atoms with van der Waals surface area (Å²) in [4.78, 5) is 26.0. The molecule has 116 valence electrons. The highest BCUT2D eigenvalue weighted by molar-refractivity contribution is 5.81. The maximum Gasteiger partial charge on any atom is 0.407 e. The monoisotopic (exact) mass is 285 g/mol. The van der Waals surface area contributed by atoms with Gasteiger partial charge in [-0.15, -0.1) is 0 Å². The quantitative estimate of drug-likeness (QED) is 0.787. The summed E-state index contributed by atoms with van der Waals surface area (Å²) in [6.45, 7) is 7.08. The van der Waals surface area contributed by atoms with Gasteiger partial charge in [-0.2, -0.15) is 0 Å². The summed E-state index contributed by atoms with van der Waals surface area (Å²) < 4.78 is 4.60. The fraction of sp³-hybridized carbons (Fsp3) is 0.857. The number of ether oxygens (including phenoxy) is 1. The molecular formula is C14H27N3O3. The second-order valence-electron chi connectivity index (χ2n) is 5.76. The lowest BCUT2D eigenvalue weighted by molar-refractivity contribution is -0.138. The molecule has 1 saturated heterocycles. The summed E-state index contributed by atoms with van der Waals surface area (Å²) >= 11 is 0. The van der Waals surface area contributed by atoms with Crippen molar-refractivity contribution < 1.29 is 14.3 Å². The van der Waals surface area contributed by atoms with Crippen LogP contribution in [-0.2, 0) is 9.53 Å². The van der Waals surface area contributed by atoms with Crippen LogP contribution in [0.25, 0.3) is 0 Å². The van der Waals surface area contributed by atoms with Crippen molar-refractivity contribution in [2.24, 2.45) is 17.6 Å². The van der Waals surface area contributed by atoms with E-state index >= 15 is 0 Å². The van der Waals surface area contributed by atoms with E-state index in [9.17, 15) is 9.59 Å². The van der Waals surface area contributed by atoms with Crippen LogP contribution in [0.3, 0.4) is 0 Å². The van der Waals surface area contributed by atoms with Crippen molar-refractivity contribution in [2.45, 2.75) is 45.7 Å². The molecule has 0 aromatic carbocycles. The molecule has 1 aliphatic rings. The first-order chi connectivity index (χ1) is 9.42. The van der Waals surface area contributed by atoms with Crippen LogP contribution >= 0.6 is 0 Å². The standard InChI is InChI=1S/C14H27N3O3/c1-9(2)12(10(3)16-14(19)20-4)13(18)17-7-5-6-11(17)8-15/h9-12H,5-8,15H2,1-4H3,(H,16,19). The van der Waals surface area contributed by atoms with Crippen LogP contribution in [-0.4, -0.2) is 49.2 Å². The van der Waals surface area contributed by atoms with Gasteiger partial charge in [-0.05, 0) is 25.7 Å². The zero-order valence-corrected chi connectivity index (χ0v) is 12.9. The lowest BCUT2D eigenvalue weighted by Gasteiger charge is -2.33. The molecule has 2 amide bonds. The van der Waals surface area contributed by atoms with Crippen LogP contribution in [0.1, 0.15) is 33.6 Å². The van der Waals surface area contributed by atoms with Crippen molar-refractivity contribution in [3.63, 3.8) is 0 Å². The van der Waals surface area contributed by atoms with Crippen molar-refractivity contribution in [2.75, 3.05) is 20.2 Å². The number of likely N-dealkylation sites (tertiary alicyclic amines) is 1. The third-order valence-corrected chi connectivity index (χ3v) is 4.01. The van der Waals surface area contributed by atoms with Crippen LogP contribution in [0.2, 0.25) is 0 Å². The van der Waals surface area contributed by atoms with Gasteiger partial charge >= 0.3 is 6.09 Å². The number of carbonyl (C=O) groups is 2. The SMILES string of the molecule is COC(=O)NC(C)C(C(=O)N1CCCC1CN)C(C)C. The van der Waals surface area contributed by atoms with Crippen LogP contribution in [0.4, 0.5) is 4.79 Å². The largest absolute Gasteiger partial charge is 0.453 e. The molecule has 1 rings (SSSR count). The fourth-order valence-electron chi connectivity index (χ4n) is 2.97. The highest BCUT2D eigenvalue weighted by Gasteiger charge is 2.37. The Morgan fingerprint density at radius 2 is 2.05 bits per heavy atom. The minimum absolute atomic E-state index is 0.0804. The molecule has 0 aromatic heterocycles. The molecule has 1 fully saturated rings. The van der Waals surface area contributed by atoms with Gasteiger partial charge in [0.15, 0.2) is 0 Å². The topological polar surface area (TPSA) is 84.7 Å². The molecule has 6 nitrogen and oxygen atoms in total. The molecule has 3 atom stereocenters. The second kappa shape index (κ2) is 7.47. The van der Waals surface area contributed by atoms with Crippen molar-refractivity contribution in [1.82, 2.24) is 10.2 Å². The van der Waals surface area contributed by atoms with E-state index in [1.54, 1.807) is 0 Å². The highest BCUT2D eigenvalue weighted by Crippen LogP contribution is 2.24. The van der Waals surface area contributed by atoms with Crippen molar-refractivity contribution in [1.29, 1.82) is 0 Å². The summed E-state index contributed by atoms with van der Waals surface area (Å²) in [6.07, 6.45) is 1.45. The Balaban J connectivity index is 2.79. The molecule has 0 saturated carbocycles. The van der Waals surface area contributed by atoms with Gasteiger partial charge in [0.2, 0.25) is 5.91 Å². The first-order valence-corrected chi connectivity index (χ1v) is 7.27. The molecule has 3 unspecified atom stereocenters. The molecule has 1 aliphatic heterocycles. The predicted molar refractivity (Wildman–Crippen MR) is 77.1 cm³/mol. The third-order valence-electron chi connectivity index (χ3n) is 4.01. The Morgan fingerprint density at radius 1 is 1.40 bits per heavy atom. The fourth-order valence-corrected chi connectivity index (χ4v) is 2.97. The summed E-state index contributed by atoms with van der Waals surface area (Å²) in [5, 5.41) is 2.71. The number of nitrogens with one attached hydrogen (secondary N) is 1. The number of nitrogens with two attached hydrogens (primary N) is 1. The predicted octanol–water partition coefficient (Wildman–Crippen LogP) is 0.953. The third kappa shape index (κ3) is 3.85. The first-order valence-electron chi connectivity index (χ1n) is 7.27. The number of methoxy groups -OCH3 is 1. The van der Waals surface area contributed by atoms with E-state index in [0.717, 1.165) is 19.4 Å². The minimum Gasteiger partial charge on any atom is -0.453 e. The average Bonchev–Trinajstić information content (AvgIpc) is 2.86. The molecular weight excluding hydrogens is 258 g/mol. The van der Waals surface area contributed by atoms with E-state index in [0.29, 0.717) is 6.54 Å². The zero-order chi connectivity index (χ0) is 15.3. The summed E-state index contributed by atoms with van der Waals surface area (Å²) in [5.74, 6) is -0.0493. The lowest BCUT2D eigenvalue weighted by Crippen LogP contribution is -2.51. The number of amides is 2. The van der Waals surface area contributed by atoms with E-state index in [4.69, 9.17) is 5.73 Å². The first kappa shape index (κ1) is 16.8. The Labute approximate surface area is 121 Å². The van der Waals surface area contributed by atoms with Gasteiger partial charge < -0.3 is 20.7 Å². The molecule has 0 radical (unpaired) electrons. The van der Waals surface area contributed by atoms with E-state index in [2.05, 4.69) is 10.1 Å². The van der Waals surface area contributed by atoms with Crippen molar-refractivity contribution >= 4 is 12.0 Å². The Kier molecular flexibility index (Phi) is 6.26. The molecule has 1 heterocycles. The Bertz CT molecular complexity index is 347. The van der Waals surface area contributed by atoms with Crippen LogP contribution < -0.4 is 11.1 Å². The smallest absolute Gasteiger partial charge is 0.407 e. The second-order valence-corrected chi connectivity index (χ2v) is 5.76. The molecule has 20 heavy (non-hydrogen) atoms. The van der Waals surface area contributed by atoms with Crippen LogP contribution in [0.5, 0.6) is 0 Å². The van der Waals surface area contributed by atoms with Crippen LogP contribution in [0, 0.1) is 11.8 Å². The number of nitrogens with zero attached hydrogens (tertiary/aromatic N) is 1. The number of rotatable bonds is 5. The Hall–Kier alpha value is -1.30. The maximum atomic E-state index is 12.7. The summed E-state index contributed by atoms with van der Waals surface area (Å²) in [6, 6.07) is -0.136.